The third kappa shape index (κ3) is 3.06. The number of thiazole rings is 1. The van der Waals surface area contributed by atoms with Crippen LogP contribution in [0.5, 0.6) is 0 Å². The molecule has 0 aliphatic carbocycles. The van der Waals surface area contributed by atoms with Gasteiger partial charge in [-0.15, -0.1) is 5.10 Å². The van der Waals surface area contributed by atoms with E-state index < -0.39 is 0 Å². The summed E-state index contributed by atoms with van der Waals surface area (Å²) < 4.78 is 1.88. The lowest BCUT2D eigenvalue weighted by atomic mass is 10.1. The Kier molecular flexibility index (Phi) is 4.07. The van der Waals surface area contributed by atoms with Crippen LogP contribution in [0, 0.1) is 6.92 Å². The SMILES string of the molecule is Cc1cccc(-c2nc3sc(=Cc4ccc(Cl)c(Cl)c4)c(=O)n3n2)c1. The highest BCUT2D eigenvalue weighted by atomic mass is 35.5. The van der Waals surface area contributed by atoms with Crippen molar-refractivity contribution in [2.45, 2.75) is 6.92 Å². The van der Waals surface area contributed by atoms with E-state index >= 15 is 0 Å². The van der Waals surface area contributed by atoms with Crippen LogP contribution in [0.2, 0.25) is 10.0 Å². The summed E-state index contributed by atoms with van der Waals surface area (Å²) in [6.45, 7) is 2.01. The second-order valence-electron chi connectivity index (χ2n) is 5.59. The Hall–Kier alpha value is -2.21. The molecule has 124 valence electrons. The van der Waals surface area contributed by atoms with Gasteiger partial charge >= 0.3 is 0 Å². The van der Waals surface area contributed by atoms with E-state index in [9.17, 15) is 4.79 Å². The predicted octanol–water partition coefficient (Wildman–Crippen LogP) is 3.98. The van der Waals surface area contributed by atoms with E-state index in [0.29, 0.717) is 25.4 Å². The zero-order valence-electron chi connectivity index (χ0n) is 13.0. The average molecular weight is 388 g/mol. The first-order valence-electron chi connectivity index (χ1n) is 7.45. The molecule has 7 heteroatoms. The highest BCUT2D eigenvalue weighted by Crippen LogP contribution is 2.23. The first-order chi connectivity index (χ1) is 12.0. The minimum Gasteiger partial charge on any atom is -0.266 e. The molecule has 0 amide bonds. The van der Waals surface area contributed by atoms with E-state index in [1.165, 1.54) is 15.9 Å². The van der Waals surface area contributed by atoms with Gasteiger partial charge in [0.15, 0.2) is 5.82 Å². The molecular weight excluding hydrogens is 377 g/mol. The van der Waals surface area contributed by atoms with Gasteiger partial charge in [0.1, 0.15) is 0 Å². The molecule has 4 nitrogen and oxygen atoms in total. The Bertz CT molecular complexity index is 1210. The van der Waals surface area contributed by atoms with Crippen LogP contribution < -0.4 is 10.1 Å². The molecule has 0 aliphatic heterocycles. The van der Waals surface area contributed by atoms with Crippen molar-refractivity contribution in [1.29, 1.82) is 0 Å². The first-order valence-corrected chi connectivity index (χ1v) is 9.02. The van der Waals surface area contributed by atoms with Gasteiger partial charge in [-0.1, -0.05) is 64.4 Å². The van der Waals surface area contributed by atoms with Gasteiger partial charge in [-0.25, -0.2) is 0 Å². The monoisotopic (exact) mass is 387 g/mol. The molecule has 0 radical (unpaired) electrons. The summed E-state index contributed by atoms with van der Waals surface area (Å²) in [5.74, 6) is 0.549. The van der Waals surface area contributed by atoms with Crippen LogP contribution in [0.4, 0.5) is 0 Å². The number of fused-ring (bicyclic) bond motifs is 1. The molecule has 0 unspecified atom stereocenters. The van der Waals surface area contributed by atoms with Gasteiger partial charge in [0.2, 0.25) is 4.96 Å². The predicted molar refractivity (Wildman–Crippen MR) is 103 cm³/mol. The van der Waals surface area contributed by atoms with Crippen molar-refractivity contribution in [3.05, 3.63) is 78.5 Å². The first kappa shape index (κ1) is 16.3. The molecule has 0 fully saturated rings. The molecule has 2 aromatic carbocycles. The number of hydrogen-bond donors (Lipinski definition) is 0. The molecule has 0 saturated carbocycles. The number of aryl methyl sites for hydroxylation is 1. The van der Waals surface area contributed by atoms with Gasteiger partial charge in [-0.05, 0) is 36.8 Å². The van der Waals surface area contributed by atoms with Crippen LogP contribution in [-0.4, -0.2) is 14.6 Å². The standard InChI is InChI=1S/C18H11Cl2N3OS/c1-10-3-2-4-12(7-10)16-21-18-23(22-16)17(24)15(25-18)9-11-5-6-13(19)14(20)8-11/h2-9H,1H3. The van der Waals surface area contributed by atoms with Crippen LogP contribution in [0.25, 0.3) is 22.4 Å². The minimum atomic E-state index is -0.197. The summed E-state index contributed by atoms with van der Waals surface area (Å²) in [6.07, 6.45) is 1.76. The Morgan fingerprint density at radius 3 is 2.68 bits per heavy atom. The third-order valence-corrected chi connectivity index (χ3v) is 5.40. The van der Waals surface area contributed by atoms with Crippen LogP contribution in [0.3, 0.4) is 0 Å². The summed E-state index contributed by atoms with van der Waals surface area (Å²) >= 11 is 13.2. The minimum absolute atomic E-state index is 0.197. The third-order valence-electron chi connectivity index (χ3n) is 3.70. The summed E-state index contributed by atoms with van der Waals surface area (Å²) in [5, 5.41) is 5.28. The molecule has 4 rings (SSSR count). The van der Waals surface area contributed by atoms with E-state index in [-0.39, 0.29) is 5.56 Å². The molecule has 0 aliphatic rings. The van der Waals surface area contributed by atoms with E-state index in [0.717, 1.165) is 16.7 Å². The summed E-state index contributed by atoms with van der Waals surface area (Å²) in [4.78, 5) is 17.6. The summed E-state index contributed by atoms with van der Waals surface area (Å²) in [5.41, 5.74) is 2.62. The highest BCUT2D eigenvalue weighted by Gasteiger charge is 2.12. The molecule has 0 spiro atoms. The van der Waals surface area contributed by atoms with Crippen LogP contribution in [0.1, 0.15) is 11.1 Å². The summed E-state index contributed by atoms with van der Waals surface area (Å²) in [7, 11) is 0. The Balaban J connectivity index is 1.81. The number of aromatic nitrogens is 3. The lowest BCUT2D eigenvalue weighted by molar-refractivity contribution is 0.936. The molecule has 4 aromatic rings. The lowest BCUT2D eigenvalue weighted by Gasteiger charge is -1.96. The van der Waals surface area contributed by atoms with Crippen LogP contribution in [-0.2, 0) is 0 Å². The van der Waals surface area contributed by atoms with Gasteiger partial charge in [0, 0.05) is 5.56 Å². The fraction of sp³-hybridized carbons (Fsp3) is 0.0556. The van der Waals surface area contributed by atoms with Crippen molar-refractivity contribution >= 4 is 45.6 Å². The maximum atomic E-state index is 12.6. The smallest absolute Gasteiger partial charge is 0.266 e. The molecule has 0 atom stereocenters. The van der Waals surface area contributed by atoms with Crippen molar-refractivity contribution in [2.24, 2.45) is 0 Å². The molecule has 0 N–H and O–H groups in total. The van der Waals surface area contributed by atoms with Crippen molar-refractivity contribution < 1.29 is 0 Å². The highest BCUT2D eigenvalue weighted by molar-refractivity contribution is 7.15. The van der Waals surface area contributed by atoms with Gasteiger partial charge in [-0.2, -0.15) is 9.50 Å². The number of benzene rings is 2. The van der Waals surface area contributed by atoms with Gasteiger partial charge in [-0.3, -0.25) is 4.79 Å². The molecule has 2 aromatic heterocycles. The van der Waals surface area contributed by atoms with Gasteiger partial charge in [0.25, 0.3) is 5.56 Å². The number of hydrogen-bond acceptors (Lipinski definition) is 4. The van der Waals surface area contributed by atoms with Crippen LogP contribution in [0.15, 0.2) is 47.3 Å². The normalized spacial score (nSPS) is 12.2. The molecule has 0 saturated heterocycles. The number of nitrogens with zero attached hydrogens (tertiary/aromatic N) is 3. The van der Waals surface area contributed by atoms with Crippen molar-refractivity contribution in [2.75, 3.05) is 0 Å². The second kappa shape index (κ2) is 6.26. The fourth-order valence-electron chi connectivity index (χ4n) is 2.49. The van der Waals surface area contributed by atoms with Gasteiger partial charge in [0.05, 0.1) is 14.6 Å². The van der Waals surface area contributed by atoms with E-state index in [4.69, 9.17) is 23.2 Å². The molecule has 25 heavy (non-hydrogen) atoms. The quantitative estimate of drug-likeness (QED) is 0.522. The van der Waals surface area contributed by atoms with E-state index in [1.807, 2.05) is 37.3 Å². The maximum Gasteiger partial charge on any atom is 0.291 e. The Labute approximate surface area is 157 Å². The van der Waals surface area contributed by atoms with Crippen LogP contribution >= 0.6 is 34.5 Å². The Morgan fingerprint density at radius 1 is 1.12 bits per heavy atom. The topological polar surface area (TPSA) is 47.3 Å². The van der Waals surface area contributed by atoms with E-state index in [1.54, 1.807) is 18.2 Å². The Morgan fingerprint density at radius 2 is 1.96 bits per heavy atom. The van der Waals surface area contributed by atoms with Gasteiger partial charge < -0.3 is 0 Å². The zero-order valence-corrected chi connectivity index (χ0v) is 15.4. The zero-order chi connectivity index (χ0) is 17.6. The van der Waals surface area contributed by atoms with Crippen molar-refractivity contribution in [3.8, 4) is 11.4 Å². The largest absolute Gasteiger partial charge is 0.291 e. The lowest BCUT2D eigenvalue weighted by Crippen LogP contribution is -2.23. The second-order valence-corrected chi connectivity index (χ2v) is 7.41. The molecule has 0 bridgehead atoms. The molecular formula is C18H11Cl2N3OS. The summed E-state index contributed by atoms with van der Waals surface area (Å²) in [6, 6.07) is 13.1. The maximum absolute atomic E-state index is 12.6. The average Bonchev–Trinajstić information content (AvgIpc) is 3.12. The van der Waals surface area contributed by atoms with Crippen molar-refractivity contribution in [3.63, 3.8) is 0 Å². The fourth-order valence-corrected chi connectivity index (χ4v) is 3.71. The molecule has 2 heterocycles. The number of rotatable bonds is 2. The number of halogens is 2. The van der Waals surface area contributed by atoms with Crippen molar-refractivity contribution in [1.82, 2.24) is 14.6 Å². The van der Waals surface area contributed by atoms with E-state index in [2.05, 4.69) is 10.1 Å².